The highest BCUT2D eigenvalue weighted by molar-refractivity contribution is 6.30. The van der Waals surface area contributed by atoms with Crippen LogP contribution < -0.4 is 10.6 Å². The van der Waals surface area contributed by atoms with Crippen LogP contribution in [0.2, 0.25) is 5.02 Å². The first-order valence-corrected chi connectivity index (χ1v) is 9.86. The minimum absolute atomic E-state index is 0.336. The lowest BCUT2D eigenvalue weighted by molar-refractivity contribution is 0.181. The smallest absolute Gasteiger partial charge is 0.191 e. The predicted octanol–water partition coefficient (Wildman–Crippen LogP) is 4.02. The number of aliphatic imine (C=N–C) groups is 1. The third-order valence-electron chi connectivity index (χ3n) is 4.44. The molecule has 0 aliphatic carbocycles. The molecule has 2 aromatic rings. The minimum atomic E-state index is -0.655. The zero-order valence-corrected chi connectivity index (χ0v) is 17.0. The Hall–Kier alpha value is -2.05. The molecule has 1 atom stereocenters. The Bertz CT molecular complexity index is 711. The number of nitrogens with zero attached hydrogens (tertiary/aromatic N) is 2. The minimum Gasteiger partial charge on any atom is -0.387 e. The number of halogens is 1. The van der Waals surface area contributed by atoms with Gasteiger partial charge in [0.15, 0.2) is 11.7 Å². The number of hydrogen-bond acceptors (Lipinski definition) is 4. The predicted molar refractivity (Wildman–Crippen MR) is 109 cm³/mol. The summed E-state index contributed by atoms with van der Waals surface area (Å²) in [5, 5.41) is 21.4. The van der Waals surface area contributed by atoms with E-state index >= 15 is 0 Å². The molecule has 0 bridgehead atoms. The van der Waals surface area contributed by atoms with Gasteiger partial charge >= 0.3 is 0 Å². The highest BCUT2D eigenvalue weighted by atomic mass is 35.5. The Morgan fingerprint density at radius 3 is 2.52 bits per heavy atom. The summed E-state index contributed by atoms with van der Waals surface area (Å²) in [6.45, 7) is 7.74. The molecular weight excluding hydrogens is 364 g/mol. The Morgan fingerprint density at radius 2 is 1.89 bits per heavy atom. The number of benzene rings is 1. The number of rotatable bonds is 9. The van der Waals surface area contributed by atoms with E-state index in [1.165, 1.54) is 0 Å². The number of aliphatic hydroxyl groups excluding tert-OH is 1. The SMILES string of the molecule is CCNC(=NCc1cc(C(CC)CC)no1)NCC(O)c1ccc(Cl)cc1. The monoisotopic (exact) mass is 392 g/mol. The van der Waals surface area contributed by atoms with Gasteiger partial charge in [-0.2, -0.15) is 0 Å². The maximum Gasteiger partial charge on any atom is 0.191 e. The van der Waals surface area contributed by atoms with Crippen LogP contribution in [-0.2, 0) is 6.54 Å². The summed E-state index contributed by atoms with van der Waals surface area (Å²) >= 11 is 5.88. The van der Waals surface area contributed by atoms with Gasteiger partial charge in [-0.3, -0.25) is 0 Å². The van der Waals surface area contributed by atoms with Gasteiger partial charge in [-0.05, 0) is 37.5 Å². The maximum absolute atomic E-state index is 10.3. The number of guanidine groups is 1. The third-order valence-corrected chi connectivity index (χ3v) is 4.69. The van der Waals surface area contributed by atoms with Crippen molar-refractivity contribution in [2.45, 2.75) is 52.2 Å². The van der Waals surface area contributed by atoms with E-state index in [2.05, 4.69) is 34.6 Å². The molecule has 0 saturated heterocycles. The van der Waals surface area contributed by atoms with Gasteiger partial charge in [0.1, 0.15) is 6.54 Å². The lowest BCUT2D eigenvalue weighted by Gasteiger charge is -2.15. The fourth-order valence-corrected chi connectivity index (χ4v) is 2.92. The molecular formula is C20H29ClN4O2. The molecule has 0 saturated carbocycles. The van der Waals surface area contributed by atoms with E-state index in [0.717, 1.165) is 36.4 Å². The van der Waals surface area contributed by atoms with Gasteiger partial charge in [0.25, 0.3) is 0 Å². The summed E-state index contributed by atoms with van der Waals surface area (Å²) in [4.78, 5) is 4.52. The van der Waals surface area contributed by atoms with Crippen molar-refractivity contribution in [1.82, 2.24) is 15.8 Å². The van der Waals surface area contributed by atoms with E-state index in [-0.39, 0.29) is 0 Å². The number of hydrogen-bond donors (Lipinski definition) is 3. The van der Waals surface area contributed by atoms with Gasteiger partial charge in [0.2, 0.25) is 0 Å². The largest absolute Gasteiger partial charge is 0.387 e. The van der Waals surface area contributed by atoms with Crippen LogP contribution in [0.15, 0.2) is 39.8 Å². The summed E-state index contributed by atoms with van der Waals surface area (Å²) in [5.74, 6) is 1.77. The van der Waals surface area contributed by atoms with Gasteiger partial charge in [0.05, 0.1) is 11.8 Å². The van der Waals surface area contributed by atoms with Crippen LogP contribution >= 0.6 is 11.6 Å². The maximum atomic E-state index is 10.3. The van der Waals surface area contributed by atoms with Crippen molar-refractivity contribution in [3.8, 4) is 0 Å². The molecule has 3 N–H and O–H groups in total. The van der Waals surface area contributed by atoms with E-state index in [1.54, 1.807) is 12.1 Å². The lowest BCUT2D eigenvalue weighted by atomic mass is 9.99. The highest BCUT2D eigenvalue weighted by Crippen LogP contribution is 2.22. The van der Waals surface area contributed by atoms with E-state index < -0.39 is 6.10 Å². The molecule has 0 spiro atoms. The van der Waals surface area contributed by atoms with E-state index in [4.69, 9.17) is 16.1 Å². The summed E-state index contributed by atoms with van der Waals surface area (Å²) < 4.78 is 5.41. The summed E-state index contributed by atoms with van der Waals surface area (Å²) in [5.41, 5.74) is 1.79. The Morgan fingerprint density at radius 1 is 1.19 bits per heavy atom. The van der Waals surface area contributed by atoms with Crippen molar-refractivity contribution in [1.29, 1.82) is 0 Å². The second-order valence-electron chi connectivity index (χ2n) is 6.37. The Balaban J connectivity index is 1.94. The van der Waals surface area contributed by atoms with Crippen molar-refractivity contribution in [2.24, 2.45) is 4.99 Å². The zero-order valence-electron chi connectivity index (χ0n) is 16.2. The Labute approximate surface area is 166 Å². The van der Waals surface area contributed by atoms with E-state index in [9.17, 15) is 5.11 Å². The van der Waals surface area contributed by atoms with Crippen LogP contribution in [0.5, 0.6) is 0 Å². The van der Waals surface area contributed by atoms with Crippen molar-refractivity contribution >= 4 is 17.6 Å². The molecule has 7 heteroatoms. The molecule has 1 aromatic heterocycles. The first-order valence-electron chi connectivity index (χ1n) is 9.48. The number of aliphatic hydroxyl groups is 1. The standard InChI is InChI=1S/C20H29ClN4O2/c1-4-14(5-2)18-11-17(27-25-18)12-23-20(22-6-3)24-13-19(26)15-7-9-16(21)10-8-15/h7-11,14,19,26H,4-6,12-13H2,1-3H3,(H2,22,23,24). The normalized spacial score (nSPS) is 13.0. The molecule has 1 unspecified atom stereocenters. The summed E-state index contributed by atoms with van der Waals surface area (Å²) in [7, 11) is 0. The molecule has 0 radical (unpaired) electrons. The van der Waals surface area contributed by atoms with Crippen LogP contribution in [0.1, 0.15) is 62.7 Å². The van der Waals surface area contributed by atoms with E-state index in [1.807, 2.05) is 25.1 Å². The highest BCUT2D eigenvalue weighted by Gasteiger charge is 2.13. The number of nitrogens with one attached hydrogen (secondary N) is 2. The molecule has 2 rings (SSSR count). The first-order chi connectivity index (χ1) is 13.1. The zero-order chi connectivity index (χ0) is 19.6. The van der Waals surface area contributed by atoms with Gasteiger partial charge in [-0.1, -0.05) is 42.7 Å². The fourth-order valence-electron chi connectivity index (χ4n) is 2.80. The van der Waals surface area contributed by atoms with Crippen molar-refractivity contribution in [2.75, 3.05) is 13.1 Å². The summed E-state index contributed by atoms with van der Waals surface area (Å²) in [6.07, 6.45) is 1.43. The molecule has 6 nitrogen and oxygen atoms in total. The van der Waals surface area contributed by atoms with Crippen LogP contribution in [0, 0.1) is 0 Å². The molecule has 148 valence electrons. The van der Waals surface area contributed by atoms with Crippen LogP contribution in [0.4, 0.5) is 0 Å². The molecule has 1 heterocycles. The molecule has 0 amide bonds. The van der Waals surface area contributed by atoms with Crippen LogP contribution in [0.3, 0.4) is 0 Å². The van der Waals surface area contributed by atoms with Gasteiger partial charge in [0, 0.05) is 30.1 Å². The second kappa shape index (κ2) is 10.9. The lowest BCUT2D eigenvalue weighted by Crippen LogP contribution is -2.39. The van der Waals surface area contributed by atoms with Crippen molar-refractivity contribution in [3.05, 3.63) is 52.4 Å². The quantitative estimate of drug-likeness (QED) is 0.443. The molecule has 0 fully saturated rings. The van der Waals surface area contributed by atoms with Crippen molar-refractivity contribution < 1.29 is 9.63 Å². The van der Waals surface area contributed by atoms with Crippen molar-refractivity contribution in [3.63, 3.8) is 0 Å². The molecule has 1 aromatic carbocycles. The first kappa shape index (κ1) is 21.3. The average molecular weight is 393 g/mol. The average Bonchev–Trinajstić information content (AvgIpc) is 3.14. The van der Waals surface area contributed by atoms with Gasteiger partial charge in [-0.25, -0.2) is 4.99 Å². The third kappa shape index (κ3) is 6.56. The fraction of sp³-hybridized carbons (Fsp3) is 0.500. The molecule has 0 aliphatic rings. The number of aromatic nitrogens is 1. The van der Waals surface area contributed by atoms with Gasteiger partial charge in [-0.15, -0.1) is 0 Å². The van der Waals surface area contributed by atoms with E-state index in [0.29, 0.717) is 30.0 Å². The topological polar surface area (TPSA) is 82.7 Å². The molecule has 0 aliphatic heterocycles. The molecule has 27 heavy (non-hydrogen) atoms. The summed E-state index contributed by atoms with van der Waals surface area (Å²) in [6, 6.07) is 9.13. The Kier molecular flexibility index (Phi) is 8.61. The van der Waals surface area contributed by atoms with Crippen LogP contribution in [0.25, 0.3) is 0 Å². The van der Waals surface area contributed by atoms with Crippen LogP contribution in [-0.4, -0.2) is 29.3 Å². The van der Waals surface area contributed by atoms with Gasteiger partial charge < -0.3 is 20.3 Å². The second-order valence-corrected chi connectivity index (χ2v) is 6.81.